The highest BCUT2D eigenvalue weighted by Crippen LogP contribution is 2.21. The first-order valence-electron chi connectivity index (χ1n) is 7.85. The Morgan fingerprint density at radius 1 is 1.00 bits per heavy atom. The Balaban J connectivity index is 1.58. The number of halogens is 2. The maximum atomic E-state index is 13.8. The van der Waals surface area contributed by atoms with E-state index in [4.69, 9.17) is 0 Å². The lowest BCUT2D eigenvalue weighted by molar-refractivity contribution is 0.208. The maximum Gasteiger partial charge on any atom is 0.321 e. The highest BCUT2D eigenvalue weighted by Gasteiger charge is 2.23. The molecule has 1 saturated heterocycles. The molecule has 0 saturated carbocycles. The van der Waals surface area contributed by atoms with Crippen molar-refractivity contribution in [2.24, 2.45) is 0 Å². The Morgan fingerprint density at radius 3 is 2.29 bits per heavy atom. The first-order valence-corrected chi connectivity index (χ1v) is 7.85. The zero-order chi connectivity index (χ0) is 17.1. The zero-order valence-corrected chi connectivity index (χ0v) is 13.4. The van der Waals surface area contributed by atoms with Gasteiger partial charge in [0.25, 0.3) is 0 Å². The van der Waals surface area contributed by atoms with Crippen LogP contribution < -0.4 is 10.2 Å². The summed E-state index contributed by atoms with van der Waals surface area (Å²) in [6.45, 7) is 3.95. The van der Waals surface area contributed by atoms with Crippen molar-refractivity contribution < 1.29 is 13.6 Å². The molecule has 0 bridgehead atoms. The van der Waals surface area contributed by atoms with Gasteiger partial charge in [-0.15, -0.1) is 0 Å². The van der Waals surface area contributed by atoms with Crippen LogP contribution in [0.15, 0.2) is 42.5 Å². The summed E-state index contributed by atoms with van der Waals surface area (Å²) in [7, 11) is 0. The summed E-state index contributed by atoms with van der Waals surface area (Å²) in [6, 6.07) is 11.0. The van der Waals surface area contributed by atoms with Gasteiger partial charge in [-0.25, -0.2) is 13.6 Å². The molecule has 1 aliphatic heterocycles. The van der Waals surface area contributed by atoms with Crippen molar-refractivity contribution in [3.05, 3.63) is 59.7 Å². The van der Waals surface area contributed by atoms with Crippen molar-refractivity contribution in [3.8, 4) is 0 Å². The smallest absolute Gasteiger partial charge is 0.321 e. The number of anilines is 2. The first kappa shape index (κ1) is 16.2. The summed E-state index contributed by atoms with van der Waals surface area (Å²) in [5, 5.41) is 2.86. The van der Waals surface area contributed by atoms with Crippen molar-refractivity contribution in [2.75, 3.05) is 36.4 Å². The van der Waals surface area contributed by atoms with Gasteiger partial charge >= 0.3 is 6.03 Å². The fourth-order valence-electron chi connectivity index (χ4n) is 2.73. The van der Waals surface area contributed by atoms with Crippen molar-refractivity contribution >= 4 is 17.4 Å². The second kappa shape index (κ2) is 6.86. The number of piperazine rings is 1. The van der Waals surface area contributed by atoms with Crippen LogP contribution >= 0.6 is 0 Å². The summed E-state index contributed by atoms with van der Waals surface area (Å²) >= 11 is 0. The molecule has 0 aliphatic carbocycles. The molecule has 126 valence electrons. The van der Waals surface area contributed by atoms with Gasteiger partial charge in [0.2, 0.25) is 0 Å². The molecule has 1 aliphatic rings. The van der Waals surface area contributed by atoms with Crippen molar-refractivity contribution in [2.45, 2.75) is 6.92 Å². The van der Waals surface area contributed by atoms with Crippen LogP contribution in [-0.2, 0) is 0 Å². The fraction of sp³-hybridized carbons (Fsp3) is 0.278. The average molecular weight is 331 g/mol. The molecular formula is C18H19F2N3O. The van der Waals surface area contributed by atoms with Crippen molar-refractivity contribution in [3.63, 3.8) is 0 Å². The summed E-state index contributed by atoms with van der Waals surface area (Å²) in [5.74, 6) is -1.17. The van der Waals surface area contributed by atoms with E-state index in [0.717, 1.165) is 17.3 Å². The van der Waals surface area contributed by atoms with Crippen LogP contribution in [0.2, 0.25) is 0 Å². The molecule has 0 aromatic heterocycles. The number of amides is 2. The van der Waals surface area contributed by atoms with E-state index in [9.17, 15) is 13.6 Å². The molecule has 0 spiro atoms. The van der Waals surface area contributed by atoms with E-state index in [1.165, 1.54) is 12.1 Å². The highest BCUT2D eigenvalue weighted by molar-refractivity contribution is 5.89. The third-order valence-electron chi connectivity index (χ3n) is 4.12. The third-order valence-corrected chi connectivity index (χ3v) is 4.12. The zero-order valence-electron chi connectivity index (χ0n) is 13.4. The van der Waals surface area contributed by atoms with Crippen LogP contribution in [0.3, 0.4) is 0 Å². The van der Waals surface area contributed by atoms with Gasteiger partial charge in [0, 0.05) is 37.9 Å². The van der Waals surface area contributed by atoms with Gasteiger partial charge in [0.1, 0.15) is 11.6 Å². The molecule has 3 rings (SSSR count). The van der Waals surface area contributed by atoms with Gasteiger partial charge in [-0.05, 0) is 31.2 Å². The molecule has 2 amide bonds. The number of urea groups is 1. The van der Waals surface area contributed by atoms with E-state index < -0.39 is 11.6 Å². The predicted octanol–water partition coefficient (Wildman–Crippen LogP) is 3.63. The number of hydrogen-bond donors (Lipinski definition) is 1. The van der Waals surface area contributed by atoms with E-state index in [2.05, 4.69) is 5.32 Å². The molecule has 0 atom stereocenters. The van der Waals surface area contributed by atoms with Crippen molar-refractivity contribution in [1.29, 1.82) is 0 Å². The molecule has 2 aromatic rings. The fourth-order valence-corrected chi connectivity index (χ4v) is 2.73. The SMILES string of the molecule is Cc1ccc(NC(=O)N2CCN(c3ccc(F)cc3F)CC2)cc1. The van der Waals surface area contributed by atoms with E-state index in [-0.39, 0.29) is 6.03 Å². The highest BCUT2D eigenvalue weighted by atomic mass is 19.1. The van der Waals surface area contributed by atoms with E-state index in [0.29, 0.717) is 31.9 Å². The Labute approximate surface area is 139 Å². The minimum atomic E-state index is -0.590. The van der Waals surface area contributed by atoms with Crippen LogP contribution in [0, 0.1) is 18.6 Å². The molecule has 24 heavy (non-hydrogen) atoms. The number of rotatable bonds is 2. The number of carbonyl (C=O) groups is 1. The maximum absolute atomic E-state index is 13.8. The van der Waals surface area contributed by atoms with Crippen LogP contribution in [0.1, 0.15) is 5.56 Å². The molecule has 1 fully saturated rings. The van der Waals surface area contributed by atoms with E-state index in [1.54, 1.807) is 4.90 Å². The number of hydrogen-bond acceptors (Lipinski definition) is 2. The second-order valence-electron chi connectivity index (χ2n) is 5.87. The van der Waals surface area contributed by atoms with Gasteiger partial charge in [0.05, 0.1) is 5.69 Å². The predicted molar refractivity (Wildman–Crippen MR) is 90.3 cm³/mol. The second-order valence-corrected chi connectivity index (χ2v) is 5.87. The van der Waals surface area contributed by atoms with Gasteiger partial charge in [-0.1, -0.05) is 17.7 Å². The standard InChI is InChI=1S/C18H19F2N3O/c1-13-2-5-15(6-3-13)21-18(24)23-10-8-22(9-11-23)17-7-4-14(19)12-16(17)20/h2-7,12H,8-11H2,1H3,(H,21,24). The summed E-state index contributed by atoms with van der Waals surface area (Å²) < 4.78 is 26.8. The third kappa shape index (κ3) is 3.64. The number of nitrogens with zero attached hydrogens (tertiary/aromatic N) is 2. The Bertz CT molecular complexity index is 726. The lowest BCUT2D eigenvalue weighted by Crippen LogP contribution is -2.50. The van der Waals surface area contributed by atoms with Crippen LogP contribution in [0.4, 0.5) is 25.0 Å². The number of aryl methyl sites for hydroxylation is 1. The summed E-state index contributed by atoms with van der Waals surface area (Å²) in [5.41, 5.74) is 2.25. The Morgan fingerprint density at radius 2 is 1.67 bits per heavy atom. The quantitative estimate of drug-likeness (QED) is 0.912. The molecular weight excluding hydrogens is 312 g/mol. The first-order chi connectivity index (χ1) is 11.5. The largest absolute Gasteiger partial charge is 0.366 e. The monoisotopic (exact) mass is 331 g/mol. The van der Waals surface area contributed by atoms with Crippen LogP contribution in [0.25, 0.3) is 0 Å². The van der Waals surface area contributed by atoms with E-state index >= 15 is 0 Å². The Hall–Kier alpha value is -2.63. The topological polar surface area (TPSA) is 35.6 Å². The van der Waals surface area contributed by atoms with Gasteiger partial charge in [0.15, 0.2) is 0 Å². The van der Waals surface area contributed by atoms with Crippen LogP contribution in [-0.4, -0.2) is 37.1 Å². The molecule has 0 unspecified atom stereocenters. The molecule has 4 nitrogen and oxygen atoms in total. The molecule has 1 N–H and O–H groups in total. The van der Waals surface area contributed by atoms with E-state index in [1.807, 2.05) is 36.1 Å². The summed E-state index contributed by atoms with van der Waals surface area (Å²) in [6.07, 6.45) is 0. The minimum Gasteiger partial charge on any atom is -0.366 e. The number of benzene rings is 2. The average Bonchev–Trinajstić information content (AvgIpc) is 2.57. The number of nitrogens with one attached hydrogen (secondary N) is 1. The molecule has 6 heteroatoms. The van der Waals surface area contributed by atoms with Gasteiger partial charge in [-0.2, -0.15) is 0 Å². The number of carbonyl (C=O) groups excluding carboxylic acids is 1. The normalized spacial score (nSPS) is 14.6. The van der Waals surface area contributed by atoms with Gasteiger partial charge < -0.3 is 15.1 Å². The lowest BCUT2D eigenvalue weighted by atomic mass is 10.2. The molecule has 1 heterocycles. The molecule has 0 radical (unpaired) electrons. The van der Waals surface area contributed by atoms with Gasteiger partial charge in [-0.3, -0.25) is 0 Å². The minimum absolute atomic E-state index is 0.168. The summed E-state index contributed by atoms with van der Waals surface area (Å²) in [4.78, 5) is 15.8. The lowest BCUT2D eigenvalue weighted by Gasteiger charge is -2.36. The van der Waals surface area contributed by atoms with Crippen LogP contribution in [0.5, 0.6) is 0 Å². The van der Waals surface area contributed by atoms with Crippen molar-refractivity contribution in [1.82, 2.24) is 4.90 Å². The molecule has 2 aromatic carbocycles. The Kier molecular flexibility index (Phi) is 4.64.